The molecule has 2 nitrogen and oxygen atoms in total. The molecule has 0 amide bonds. The number of hydrogen-bond donors (Lipinski definition) is 0. The van der Waals surface area contributed by atoms with Gasteiger partial charge in [-0.1, -0.05) is 0 Å². The molecule has 0 N–H and O–H groups in total. The molecule has 0 spiro atoms. The predicted octanol–water partition coefficient (Wildman–Crippen LogP) is 1.48. The summed E-state index contributed by atoms with van der Waals surface area (Å²) in [7, 11) is 0. The quantitative estimate of drug-likeness (QED) is 0.510. The summed E-state index contributed by atoms with van der Waals surface area (Å²) in [4.78, 5) is 21.7. The van der Waals surface area contributed by atoms with Crippen LogP contribution in [0.5, 0.6) is 0 Å². The van der Waals surface area contributed by atoms with Crippen molar-refractivity contribution in [3.8, 4) is 0 Å². The maximum Gasteiger partial charge on any atom is 0.133 e. The number of ketones is 2. The van der Waals surface area contributed by atoms with Gasteiger partial charge in [0, 0.05) is 25.7 Å². The van der Waals surface area contributed by atoms with Crippen LogP contribution in [0.4, 0.5) is 0 Å². The van der Waals surface area contributed by atoms with E-state index in [0.29, 0.717) is 25.7 Å². The highest BCUT2D eigenvalue weighted by Crippen LogP contribution is 2.10. The lowest BCUT2D eigenvalue weighted by molar-refractivity contribution is -0.125. The van der Waals surface area contributed by atoms with Crippen LogP contribution in [-0.2, 0) is 9.59 Å². The lowest BCUT2D eigenvalue weighted by Crippen LogP contribution is -2.07. The summed E-state index contributed by atoms with van der Waals surface area (Å²) < 4.78 is 0. The summed E-state index contributed by atoms with van der Waals surface area (Å²) in [6.07, 6.45) is 4.16. The zero-order valence-corrected chi connectivity index (χ0v) is 6.06. The van der Waals surface area contributed by atoms with E-state index in [1.165, 1.54) is 0 Å². The van der Waals surface area contributed by atoms with Crippen molar-refractivity contribution < 1.29 is 9.59 Å². The van der Waals surface area contributed by atoms with Gasteiger partial charge in [-0.05, 0) is 12.8 Å². The van der Waals surface area contributed by atoms with Crippen LogP contribution in [0.15, 0.2) is 0 Å². The molecule has 1 aliphatic carbocycles. The van der Waals surface area contributed by atoms with Gasteiger partial charge >= 0.3 is 0 Å². The Hall–Kier alpha value is -0.660. The third-order valence-electron chi connectivity index (χ3n) is 1.84. The summed E-state index contributed by atoms with van der Waals surface area (Å²) in [6.45, 7) is 0. The second-order valence-electron chi connectivity index (χ2n) is 2.78. The van der Waals surface area contributed by atoms with E-state index < -0.39 is 0 Å². The fraction of sp³-hybridized carbons (Fsp3) is 0.750. The third-order valence-corrected chi connectivity index (χ3v) is 1.84. The van der Waals surface area contributed by atoms with Gasteiger partial charge in [0.25, 0.3) is 0 Å². The molecule has 1 aliphatic rings. The van der Waals surface area contributed by atoms with Gasteiger partial charge in [-0.15, -0.1) is 0 Å². The highest BCUT2D eigenvalue weighted by Gasteiger charge is 2.10. The van der Waals surface area contributed by atoms with Crippen molar-refractivity contribution >= 4 is 11.6 Å². The van der Waals surface area contributed by atoms with Crippen molar-refractivity contribution in [2.24, 2.45) is 0 Å². The number of carbonyl (C=O) groups is 2. The normalized spacial score (nSPS) is 22.0. The van der Waals surface area contributed by atoms with Crippen LogP contribution in [0.2, 0.25) is 0 Å². The Bertz CT molecular complexity index is 131. The SMILES string of the molecule is O=C1CCCCC(=O)CC1. The van der Waals surface area contributed by atoms with E-state index in [9.17, 15) is 9.59 Å². The van der Waals surface area contributed by atoms with Crippen molar-refractivity contribution in [3.05, 3.63) is 0 Å². The van der Waals surface area contributed by atoms with Gasteiger partial charge in [-0.25, -0.2) is 0 Å². The average Bonchev–Trinajstić information content (AvgIpc) is 1.90. The molecule has 0 aromatic carbocycles. The van der Waals surface area contributed by atoms with Gasteiger partial charge in [0.15, 0.2) is 0 Å². The fourth-order valence-electron chi connectivity index (χ4n) is 1.17. The second-order valence-corrected chi connectivity index (χ2v) is 2.78. The maximum absolute atomic E-state index is 10.8. The largest absolute Gasteiger partial charge is 0.300 e. The second kappa shape index (κ2) is 3.49. The monoisotopic (exact) mass is 140 g/mol. The molecule has 0 bridgehead atoms. The first-order chi connectivity index (χ1) is 4.79. The molecule has 1 saturated carbocycles. The molecule has 0 aromatic heterocycles. The first-order valence-corrected chi connectivity index (χ1v) is 3.82. The van der Waals surface area contributed by atoms with Crippen molar-refractivity contribution in [2.45, 2.75) is 38.5 Å². The third kappa shape index (κ3) is 2.29. The molecule has 1 fully saturated rings. The lowest BCUT2D eigenvalue weighted by Gasteiger charge is -2.05. The van der Waals surface area contributed by atoms with Crippen LogP contribution < -0.4 is 0 Å². The van der Waals surface area contributed by atoms with E-state index in [0.717, 1.165) is 12.8 Å². The van der Waals surface area contributed by atoms with Crippen molar-refractivity contribution in [3.63, 3.8) is 0 Å². The van der Waals surface area contributed by atoms with Gasteiger partial charge < -0.3 is 0 Å². The summed E-state index contributed by atoms with van der Waals surface area (Å²) in [5, 5.41) is 0. The molecule has 0 radical (unpaired) electrons. The predicted molar refractivity (Wildman–Crippen MR) is 37.7 cm³/mol. The first kappa shape index (κ1) is 7.45. The molecule has 0 aliphatic heterocycles. The lowest BCUT2D eigenvalue weighted by atomic mass is 9.99. The molecule has 2 heteroatoms. The molecular formula is C8H12O2. The zero-order valence-electron chi connectivity index (χ0n) is 6.06. The Balaban J connectivity index is 2.36. The van der Waals surface area contributed by atoms with Crippen molar-refractivity contribution in [1.29, 1.82) is 0 Å². The van der Waals surface area contributed by atoms with Gasteiger partial charge in [-0.2, -0.15) is 0 Å². The van der Waals surface area contributed by atoms with E-state index in [2.05, 4.69) is 0 Å². The van der Waals surface area contributed by atoms with E-state index in [1.807, 2.05) is 0 Å². The Morgan fingerprint density at radius 2 is 1.10 bits per heavy atom. The van der Waals surface area contributed by atoms with Crippen molar-refractivity contribution in [1.82, 2.24) is 0 Å². The standard InChI is InChI=1S/C8H12O2/c9-7-3-1-2-4-8(10)6-5-7/h1-6H2. The minimum Gasteiger partial charge on any atom is -0.300 e. The van der Waals surface area contributed by atoms with E-state index in [-0.39, 0.29) is 11.6 Å². The smallest absolute Gasteiger partial charge is 0.133 e. The Labute approximate surface area is 60.6 Å². The van der Waals surface area contributed by atoms with Crippen LogP contribution in [-0.4, -0.2) is 11.6 Å². The van der Waals surface area contributed by atoms with E-state index >= 15 is 0 Å². The van der Waals surface area contributed by atoms with Gasteiger partial charge in [-0.3, -0.25) is 9.59 Å². The number of carbonyl (C=O) groups excluding carboxylic acids is 2. The Morgan fingerprint density at radius 3 is 1.50 bits per heavy atom. The topological polar surface area (TPSA) is 34.1 Å². The molecule has 56 valence electrons. The summed E-state index contributed by atoms with van der Waals surface area (Å²) in [6, 6.07) is 0. The molecule has 0 atom stereocenters. The number of Topliss-reactive ketones (excluding diaryl/α,β-unsaturated/α-hetero) is 2. The summed E-state index contributed by atoms with van der Waals surface area (Å²) >= 11 is 0. The first-order valence-electron chi connectivity index (χ1n) is 3.82. The number of rotatable bonds is 0. The summed E-state index contributed by atoms with van der Waals surface area (Å²) in [5.41, 5.74) is 0. The van der Waals surface area contributed by atoms with E-state index in [4.69, 9.17) is 0 Å². The highest BCUT2D eigenvalue weighted by atomic mass is 16.1. The maximum atomic E-state index is 10.8. The minimum absolute atomic E-state index is 0.257. The summed E-state index contributed by atoms with van der Waals surface area (Å²) in [5.74, 6) is 0.515. The van der Waals surface area contributed by atoms with E-state index in [1.54, 1.807) is 0 Å². The molecule has 10 heavy (non-hydrogen) atoms. The van der Waals surface area contributed by atoms with Crippen molar-refractivity contribution in [2.75, 3.05) is 0 Å². The highest BCUT2D eigenvalue weighted by molar-refractivity contribution is 5.86. The van der Waals surface area contributed by atoms with Crippen LogP contribution >= 0.6 is 0 Å². The molecule has 0 saturated heterocycles. The number of hydrogen-bond acceptors (Lipinski definition) is 2. The molecule has 0 unspecified atom stereocenters. The molecule has 0 heterocycles. The molecule has 1 rings (SSSR count). The zero-order chi connectivity index (χ0) is 7.40. The van der Waals surface area contributed by atoms with Gasteiger partial charge in [0.1, 0.15) is 11.6 Å². The van der Waals surface area contributed by atoms with Gasteiger partial charge in [0.05, 0.1) is 0 Å². The minimum atomic E-state index is 0.257. The van der Waals surface area contributed by atoms with Crippen LogP contribution in [0.3, 0.4) is 0 Å². The van der Waals surface area contributed by atoms with Gasteiger partial charge in [0.2, 0.25) is 0 Å². The Morgan fingerprint density at radius 1 is 0.700 bits per heavy atom. The molecular weight excluding hydrogens is 128 g/mol. The van der Waals surface area contributed by atoms with Crippen LogP contribution in [0.1, 0.15) is 38.5 Å². The van der Waals surface area contributed by atoms with Crippen LogP contribution in [0, 0.1) is 0 Å². The fourth-order valence-corrected chi connectivity index (χ4v) is 1.17. The van der Waals surface area contributed by atoms with Crippen LogP contribution in [0.25, 0.3) is 0 Å². The average molecular weight is 140 g/mol. The molecule has 0 aromatic rings. The Kier molecular flexibility index (Phi) is 2.60.